The van der Waals surface area contributed by atoms with Crippen molar-refractivity contribution < 1.29 is 17.6 Å². The molecule has 1 amide bonds. The fraction of sp³-hybridized carbons (Fsp3) is 0.562. The van der Waals surface area contributed by atoms with Crippen molar-refractivity contribution in [2.75, 3.05) is 33.2 Å². The molecule has 1 heterocycles. The third kappa shape index (κ3) is 6.22. The molecule has 1 atom stereocenters. The number of nitrogens with zero attached hydrogens (tertiary/aromatic N) is 1. The molecule has 0 bridgehead atoms. The van der Waals surface area contributed by atoms with Crippen LogP contribution in [-0.2, 0) is 14.8 Å². The second-order valence-electron chi connectivity index (χ2n) is 5.98. The number of amides is 1. The van der Waals surface area contributed by atoms with Crippen LogP contribution in [0.15, 0.2) is 29.2 Å². The van der Waals surface area contributed by atoms with E-state index in [4.69, 9.17) is 0 Å². The number of likely N-dealkylation sites (tertiary alicyclic amines) is 1. The minimum Gasteiger partial charge on any atom is -0.342 e. The zero-order valence-corrected chi connectivity index (χ0v) is 15.8. The average molecular weight is 394 g/mol. The molecule has 25 heavy (non-hydrogen) atoms. The molecule has 0 saturated carbocycles. The van der Waals surface area contributed by atoms with Crippen molar-refractivity contribution in [2.24, 2.45) is 5.92 Å². The fourth-order valence-electron chi connectivity index (χ4n) is 2.94. The van der Waals surface area contributed by atoms with Gasteiger partial charge in [-0.15, -0.1) is 12.4 Å². The smallest absolute Gasteiger partial charge is 0.243 e. The molecule has 2 rings (SSSR count). The molecule has 1 aromatic carbocycles. The number of carbonyl (C=O) groups is 1. The first-order valence-electron chi connectivity index (χ1n) is 8.10. The molecule has 1 fully saturated rings. The third-order valence-electron chi connectivity index (χ3n) is 4.12. The number of sulfonamides is 1. The normalized spacial score (nSPS) is 17.8. The minimum atomic E-state index is -3.94. The number of nitrogens with one attached hydrogen (secondary N) is 2. The van der Waals surface area contributed by atoms with E-state index in [1.807, 2.05) is 7.05 Å². The van der Waals surface area contributed by atoms with Gasteiger partial charge in [-0.2, -0.15) is 0 Å². The highest BCUT2D eigenvalue weighted by atomic mass is 35.5. The lowest BCUT2D eigenvalue weighted by Gasteiger charge is -2.32. The van der Waals surface area contributed by atoms with Crippen LogP contribution in [0.4, 0.5) is 4.39 Å². The lowest BCUT2D eigenvalue weighted by Crippen LogP contribution is -2.43. The molecular weight excluding hydrogens is 369 g/mol. The van der Waals surface area contributed by atoms with Crippen LogP contribution >= 0.6 is 12.4 Å². The number of carbonyl (C=O) groups excluding carboxylic acids is 1. The fourth-order valence-corrected chi connectivity index (χ4v) is 4.05. The van der Waals surface area contributed by atoms with E-state index in [9.17, 15) is 17.6 Å². The van der Waals surface area contributed by atoms with Crippen molar-refractivity contribution in [1.82, 2.24) is 14.9 Å². The Morgan fingerprint density at radius 2 is 2.08 bits per heavy atom. The standard InChI is InChI=1S/C16H24FN3O3S.ClH/c1-18-11-13-5-4-10-20(12-13)16(21)8-9-19-24(22,23)15-7-3-2-6-14(15)17;/h2-3,6-7,13,18-19H,4-5,8-12H2,1H3;1H. The van der Waals surface area contributed by atoms with Gasteiger partial charge in [-0.3, -0.25) is 4.79 Å². The second kappa shape index (κ2) is 10.1. The van der Waals surface area contributed by atoms with Crippen LogP contribution < -0.4 is 10.0 Å². The Labute approximate surface area is 154 Å². The number of benzene rings is 1. The molecule has 0 aromatic heterocycles. The highest BCUT2D eigenvalue weighted by molar-refractivity contribution is 7.89. The number of rotatable bonds is 7. The van der Waals surface area contributed by atoms with Crippen LogP contribution in [0.2, 0.25) is 0 Å². The maximum Gasteiger partial charge on any atom is 0.243 e. The molecule has 1 saturated heterocycles. The van der Waals surface area contributed by atoms with Gasteiger partial charge in [-0.1, -0.05) is 12.1 Å². The maximum atomic E-state index is 13.6. The Bertz CT molecular complexity index is 670. The number of hydrogen-bond acceptors (Lipinski definition) is 4. The Morgan fingerprint density at radius 3 is 2.76 bits per heavy atom. The summed E-state index contributed by atoms with van der Waals surface area (Å²) in [5.41, 5.74) is 0. The van der Waals surface area contributed by atoms with Gasteiger partial charge in [-0.25, -0.2) is 17.5 Å². The molecule has 1 aliphatic heterocycles. The number of hydrogen-bond donors (Lipinski definition) is 2. The monoisotopic (exact) mass is 393 g/mol. The van der Waals surface area contributed by atoms with Gasteiger partial charge in [0.25, 0.3) is 0 Å². The second-order valence-corrected chi connectivity index (χ2v) is 7.72. The first kappa shape index (κ1) is 21.8. The van der Waals surface area contributed by atoms with Crippen LogP contribution in [0, 0.1) is 11.7 Å². The van der Waals surface area contributed by atoms with E-state index < -0.39 is 20.7 Å². The molecule has 2 N–H and O–H groups in total. The summed E-state index contributed by atoms with van der Waals surface area (Å²) >= 11 is 0. The van der Waals surface area contributed by atoms with Gasteiger partial charge in [0.15, 0.2) is 0 Å². The van der Waals surface area contributed by atoms with Crippen molar-refractivity contribution in [2.45, 2.75) is 24.2 Å². The number of piperidine rings is 1. The Balaban J connectivity index is 0.00000312. The predicted octanol–water partition coefficient (Wildman–Crippen LogP) is 1.37. The topological polar surface area (TPSA) is 78.5 Å². The molecule has 0 radical (unpaired) electrons. The van der Waals surface area contributed by atoms with Gasteiger partial charge in [0, 0.05) is 26.1 Å². The summed E-state index contributed by atoms with van der Waals surface area (Å²) in [6, 6.07) is 5.18. The van der Waals surface area contributed by atoms with Crippen LogP contribution in [-0.4, -0.2) is 52.5 Å². The third-order valence-corrected chi connectivity index (χ3v) is 5.62. The van der Waals surface area contributed by atoms with Crippen LogP contribution in [0.1, 0.15) is 19.3 Å². The summed E-state index contributed by atoms with van der Waals surface area (Å²) in [6.07, 6.45) is 2.11. The summed E-state index contributed by atoms with van der Waals surface area (Å²) in [5.74, 6) is -0.447. The van der Waals surface area contributed by atoms with E-state index in [1.54, 1.807) is 4.90 Å². The lowest BCUT2D eigenvalue weighted by atomic mass is 9.98. The van der Waals surface area contributed by atoms with Gasteiger partial charge >= 0.3 is 0 Å². The van der Waals surface area contributed by atoms with E-state index in [0.717, 1.165) is 25.5 Å². The average Bonchev–Trinajstić information content (AvgIpc) is 2.55. The lowest BCUT2D eigenvalue weighted by molar-refractivity contribution is -0.132. The summed E-state index contributed by atoms with van der Waals surface area (Å²) in [4.78, 5) is 13.6. The van der Waals surface area contributed by atoms with Gasteiger partial charge < -0.3 is 10.2 Å². The first-order chi connectivity index (χ1) is 11.4. The molecule has 1 unspecified atom stereocenters. The van der Waals surface area contributed by atoms with Gasteiger partial charge in [-0.05, 0) is 44.5 Å². The Kier molecular flexibility index (Phi) is 8.78. The van der Waals surface area contributed by atoms with Crippen LogP contribution in [0.5, 0.6) is 0 Å². The first-order valence-corrected chi connectivity index (χ1v) is 9.59. The molecule has 6 nitrogen and oxygen atoms in total. The van der Waals surface area contributed by atoms with Crippen molar-refractivity contribution in [1.29, 1.82) is 0 Å². The van der Waals surface area contributed by atoms with Gasteiger partial charge in [0.05, 0.1) is 0 Å². The minimum absolute atomic E-state index is 0. The maximum absolute atomic E-state index is 13.6. The number of halogens is 2. The summed E-state index contributed by atoms with van der Waals surface area (Å²) in [6.45, 7) is 2.23. The summed E-state index contributed by atoms with van der Waals surface area (Å²) in [5, 5.41) is 3.12. The SMILES string of the molecule is CNCC1CCCN(C(=O)CCNS(=O)(=O)c2ccccc2F)C1.Cl. The van der Waals surface area contributed by atoms with Crippen LogP contribution in [0.3, 0.4) is 0 Å². The highest BCUT2D eigenvalue weighted by Gasteiger charge is 2.24. The highest BCUT2D eigenvalue weighted by Crippen LogP contribution is 2.17. The molecule has 0 aliphatic carbocycles. The van der Waals surface area contributed by atoms with Gasteiger partial charge in [0.2, 0.25) is 15.9 Å². The zero-order valence-electron chi connectivity index (χ0n) is 14.2. The van der Waals surface area contributed by atoms with Crippen LogP contribution in [0.25, 0.3) is 0 Å². The molecule has 142 valence electrons. The Morgan fingerprint density at radius 1 is 1.36 bits per heavy atom. The predicted molar refractivity (Wildman–Crippen MR) is 96.7 cm³/mol. The molecule has 1 aromatic rings. The van der Waals surface area contributed by atoms with E-state index >= 15 is 0 Å². The van der Waals surface area contributed by atoms with E-state index in [0.29, 0.717) is 19.0 Å². The van der Waals surface area contributed by atoms with Crippen molar-refractivity contribution in [3.63, 3.8) is 0 Å². The van der Waals surface area contributed by atoms with E-state index in [2.05, 4.69) is 10.0 Å². The molecule has 0 spiro atoms. The van der Waals surface area contributed by atoms with E-state index in [-0.39, 0.29) is 31.3 Å². The quantitative estimate of drug-likeness (QED) is 0.733. The zero-order chi connectivity index (χ0) is 17.6. The summed E-state index contributed by atoms with van der Waals surface area (Å²) < 4.78 is 40.0. The molecular formula is C16H25ClFN3O3S. The van der Waals surface area contributed by atoms with E-state index in [1.165, 1.54) is 18.2 Å². The Hall–Kier alpha value is -1.22. The van der Waals surface area contributed by atoms with Crippen molar-refractivity contribution in [3.8, 4) is 0 Å². The largest absolute Gasteiger partial charge is 0.342 e. The summed E-state index contributed by atoms with van der Waals surface area (Å²) in [7, 11) is -2.06. The molecule has 9 heteroatoms. The van der Waals surface area contributed by atoms with Crippen molar-refractivity contribution in [3.05, 3.63) is 30.1 Å². The van der Waals surface area contributed by atoms with Crippen molar-refractivity contribution >= 4 is 28.3 Å². The molecule has 1 aliphatic rings. The van der Waals surface area contributed by atoms with Gasteiger partial charge in [0.1, 0.15) is 10.7 Å².